The topological polar surface area (TPSA) is 84.1 Å². The van der Waals surface area contributed by atoms with Gasteiger partial charge in [0, 0.05) is 20.7 Å². The fraction of sp³-hybridized carbons (Fsp3) is 0.160. The summed E-state index contributed by atoms with van der Waals surface area (Å²) in [4.78, 5) is 0. The van der Waals surface area contributed by atoms with Crippen LogP contribution >= 0.6 is 22.9 Å². The van der Waals surface area contributed by atoms with E-state index in [-0.39, 0.29) is 16.6 Å². The largest absolute Gasteiger partial charge is 0.492 e. The molecule has 1 unspecified atom stereocenters. The predicted molar refractivity (Wildman–Crippen MR) is 138 cm³/mol. The highest BCUT2D eigenvalue weighted by Crippen LogP contribution is 2.35. The van der Waals surface area contributed by atoms with Crippen LogP contribution in [-0.2, 0) is 10.0 Å². The fourth-order valence-electron chi connectivity index (χ4n) is 3.91. The second kappa shape index (κ2) is 9.23. The summed E-state index contributed by atoms with van der Waals surface area (Å²) in [6.45, 7) is 3.66. The molecule has 35 heavy (non-hydrogen) atoms. The number of sulfonamides is 1. The maximum Gasteiger partial charge on any atom is 0.250 e. The summed E-state index contributed by atoms with van der Waals surface area (Å²) in [7, 11) is -3.74. The Hall–Kier alpha value is -2.98. The number of benzene rings is 3. The van der Waals surface area contributed by atoms with Crippen LogP contribution in [0, 0.1) is 12.7 Å². The third-order valence-electron chi connectivity index (χ3n) is 5.61. The van der Waals surface area contributed by atoms with E-state index >= 15 is 0 Å². The Bertz CT molecular complexity index is 1650. The van der Waals surface area contributed by atoms with Crippen molar-refractivity contribution in [3.63, 3.8) is 0 Å². The van der Waals surface area contributed by atoms with Crippen LogP contribution in [0.4, 0.5) is 4.39 Å². The van der Waals surface area contributed by atoms with Crippen LogP contribution < -0.4 is 9.46 Å². The maximum atomic E-state index is 13.3. The second-order valence-electron chi connectivity index (χ2n) is 8.27. The number of H-pyrrole nitrogens is 1. The number of aromatic amines is 1. The number of thiophene rings is 1. The standard InChI is InChI=1S/C25H21ClFN3O3S2/c1-14(30-35(31,32)25-15(2)20-11-17(26)5-10-23(20)34-25)13-33-19-8-9-22-21(12-19)24(29-28-22)16-3-6-18(27)7-4-16/h3-12,14,30H,13H2,1-2H3,(H,28,29). The SMILES string of the molecule is Cc1c(S(=O)(=O)NC(C)COc2ccc3[nH]nc(-c4ccc(F)cc4)c3c2)sc2ccc(Cl)cc12. The molecule has 2 heterocycles. The molecule has 6 nitrogen and oxygen atoms in total. The van der Waals surface area contributed by atoms with E-state index in [4.69, 9.17) is 16.3 Å². The Balaban J connectivity index is 1.31. The second-order valence-corrected chi connectivity index (χ2v) is 11.7. The monoisotopic (exact) mass is 529 g/mol. The van der Waals surface area contributed by atoms with Gasteiger partial charge in [0.25, 0.3) is 10.0 Å². The van der Waals surface area contributed by atoms with Crippen LogP contribution in [0.15, 0.2) is 64.9 Å². The van der Waals surface area contributed by atoms with Crippen molar-refractivity contribution in [2.45, 2.75) is 24.1 Å². The molecule has 0 saturated carbocycles. The highest BCUT2D eigenvalue weighted by molar-refractivity contribution is 7.91. The van der Waals surface area contributed by atoms with Gasteiger partial charge in [0.15, 0.2) is 0 Å². The van der Waals surface area contributed by atoms with Crippen molar-refractivity contribution < 1.29 is 17.5 Å². The van der Waals surface area contributed by atoms with Gasteiger partial charge in [-0.25, -0.2) is 17.5 Å². The molecule has 1 atom stereocenters. The average molecular weight is 530 g/mol. The molecule has 0 aliphatic carbocycles. The minimum atomic E-state index is -3.74. The first kappa shape index (κ1) is 23.7. The number of halogens is 2. The van der Waals surface area contributed by atoms with Crippen molar-refractivity contribution in [1.29, 1.82) is 0 Å². The predicted octanol–water partition coefficient (Wildman–Crippen LogP) is 6.29. The van der Waals surface area contributed by atoms with Crippen molar-refractivity contribution in [2.24, 2.45) is 0 Å². The van der Waals surface area contributed by atoms with Gasteiger partial charge in [0.05, 0.1) is 11.6 Å². The van der Waals surface area contributed by atoms with Gasteiger partial charge >= 0.3 is 0 Å². The van der Waals surface area contributed by atoms with Crippen molar-refractivity contribution in [2.75, 3.05) is 6.61 Å². The van der Waals surface area contributed by atoms with E-state index in [0.717, 1.165) is 26.6 Å². The Labute approximate surface area is 210 Å². The molecule has 0 bridgehead atoms. The van der Waals surface area contributed by atoms with Crippen LogP contribution in [0.5, 0.6) is 5.75 Å². The lowest BCUT2D eigenvalue weighted by molar-refractivity contribution is 0.288. The van der Waals surface area contributed by atoms with Gasteiger partial charge in [0.1, 0.15) is 28.1 Å². The lowest BCUT2D eigenvalue weighted by Gasteiger charge is -2.15. The molecule has 0 fully saturated rings. The number of ether oxygens (including phenoxy) is 1. The minimum Gasteiger partial charge on any atom is -0.492 e. The van der Waals surface area contributed by atoms with Gasteiger partial charge < -0.3 is 4.74 Å². The number of hydrogen-bond acceptors (Lipinski definition) is 5. The molecule has 10 heteroatoms. The lowest BCUT2D eigenvalue weighted by atomic mass is 10.1. The maximum absolute atomic E-state index is 13.3. The molecular formula is C25H21ClFN3O3S2. The normalized spacial score (nSPS) is 12.9. The zero-order chi connectivity index (χ0) is 24.7. The number of hydrogen-bond donors (Lipinski definition) is 2. The molecule has 0 amide bonds. The van der Waals surface area contributed by atoms with Crippen LogP contribution in [0.1, 0.15) is 12.5 Å². The van der Waals surface area contributed by atoms with Gasteiger partial charge in [0.2, 0.25) is 0 Å². The van der Waals surface area contributed by atoms with Crippen molar-refractivity contribution in [3.8, 4) is 17.0 Å². The van der Waals surface area contributed by atoms with E-state index in [9.17, 15) is 12.8 Å². The summed E-state index contributed by atoms with van der Waals surface area (Å²) in [5.41, 5.74) is 2.94. The molecule has 5 rings (SSSR count). The quantitative estimate of drug-likeness (QED) is 0.259. The lowest BCUT2D eigenvalue weighted by Crippen LogP contribution is -2.36. The van der Waals surface area contributed by atoms with E-state index in [2.05, 4.69) is 14.9 Å². The third-order valence-corrected chi connectivity index (χ3v) is 9.32. The van der Waals surface area contributed by atoms with Crippen molar-refractivity contribution in [1.82, 2.24) is 14.9 Å². The molecule has 0 saturated heterocycles. The zero-order valence-electron chi connectivity index (χ0n) is 18.8. The molecule has 0 aliphatic heterocycles. The average Bonchev–Trinajstić information content (AvgIpc) is 3.39. The number of nitrogens with zero attached hydrogens (tertiary/aromatic N) is 1. The molecule has 0 aliphatic rings. The Morgan fingerprint density at radius 2 is 1.89 bits per heavy atom. The van der Waals surface area contributed by atoms with E-state index in [1.54, 1.807) is 44.2 Å². The molecule has 3 aromatic carbocycles. The smallest absolute Gasteiger partial charge is 0.250 e. The summed E-state index contributed by atoms with van der Waals surface area (Å²) in [6.07, 6.45) is 0. The molecule has 2 N–H and O–H groups in total. The van der Waals surface area contributed by atoms with E-state index in [1.165, 1.54) is 23.5 Å². The number of aryl methyl sites for hydroxylation is 1. The van der Waals surface area contributed by atoms with Crippen molar-refractivity contribution >= 4 is 54.0 Å². The summed E-state index contributed by atoms with van der Waals surface area (Å²) in [5.74, 6) is 0.254. The van der Waals surface area contributed by atoms with Crippen LogP contribution in [0.25, 0.3) is 32.2 Å². The molecule has 0 spiro atoms. The molecule has 180 valence electrons. The Kier molecular flexibility index (Phi) is 6.27. The Morgan fingerprint density at radius 1 is 1.11 bits per heavy atom. The summed E-state index contributed by atoms with van der Waals surface area (Å²) in [6, 6.07) is 16.4. The number of rotatable bonds is 7. The number of aromatic nitrogens is 2. The number of fused-ring (bicyclic) bond motifs is 2. The first-order chi connectivity index (χ1) is 16.7. The van der Waals surface area contributed by atoms with E-state index < -0.39 is 16.1 Å². The van der Waals surface area contributed by atoms with Crippen LogP contribution in [-0.4, -0.2) is 31.3 Å². The molecule has 0 radical (unpaired) electrons. The van der Waals surface area contributed by atoms with Gasteiger partial charge in [-0.15, -0.1) is 11.3 Å². The fourth-order valence-corrected chi connectivity index (χ4v) is 7.07. The molecule has 5 aromatic rings. The van der Waals surface area contributed by atoms with Crippen LogP contribution in [0.2, 0.25) is 5.02 Å². The minimum absolute atomic E-state index is 0.129. The molecular weight excluding hydrogens is 509 g/mol. The van der Waals surface area contributed by atoms with Gasteiger partial charge in [-0.2, -0.15) is 5.10 Å². The zero-order valence-corrected chi connectivity index (χ0v) is 21.2. The first-order valence-electron chi connectivity index (χ1n) is 10.8. The highest BCUT2D eigenvalue weighted by Gasteiger charge is 2.24. The summed E-state index contributed by atoms with van der Waals surface area (Å²) < 4.78 is 49.2. The van der Waals surface area contributed by atoms with Crippen LogP contribution in [0.3, 0.4) is 0 Å². The van der Waals surface area contributed by atoms with Gasteiger partial charge in [-0.05, 0) is 85.5 Å². The number of nitrogens with one attached hydrogen (secondary N) is 2. The first-order valence-corrected chi connectivity index (χ1v) is 13.5. The third kappa shape index (κ3) is 4.77. The summed E-state index contributed by atoms with van der Waals surface area (Å²) in [5, 5.41) is 9.52. The molecule has 2 aromatic heterocycles. The van der Waals surface area contributed by atoms with E-state index in [1.807, 2.05) is 18.2 Å². The summed E-state index contributed by atoms with van der Waals surface area (Å²) >= 11 is 7.29. The van der Waals surface area contributed by atoms with Gasteiger partial charge in [-0.1, -0.05) is 11.6 Å². The van der Waals surface area contributed by atoms with E-state index in [0.29, 0.717) is 22.0 Å². The highest BCUT2D eigenvalue weighted by atomic mass is 35.5. The van der Waals surface area contributed by atoms with Gasteiger partial charge in [-0.3, -0.25) is 5.10 Å². The van der Waals surface area contributed by atoms with Crippen molar-refractivity contribution in [3.05, 3.63) is 77.1 Å². The Morgan fingerprint density at radius 3 is 2.66 bits per heavy atom.